The van der Waals surface area contributed by atoms with Crippen LogP contribution in [-0.4, -0.2) is 41.6 Å². The number of rotatable bonds is 4. The van der Waals surface area contributed by atoms with E-state index in [0.717, 1.165) is 12.8 Å². The number of likely N-dealkylation sites (tertiary alicyclic amines) is 1. The van der Waals surface area contributed by atoms with E-state index in [0.29, 0.717) is 25.9 Å². The second-order valence-electron chi connectivity index (χ2n) is 6.76. The van der Waals surface area contributed by atoms with Gasteiger partial charge in [-0.05, 0) is 46.5 Å². The summed E-state index contributed by atoms with van der Waals surface area (Å²) in [6.07, 6.45) is 3.07. The van der Waals surface area contributed by atoms with Crippen LogP contribution in [0.1, 0.15) is 60.3 Å². The fourth-order valence-electron chi connectivity index (χ4n) is 2.46. The third-order valence-corrected chi connectivity index (χ3v) is 3.85. The Labute approximate surface area is 128 Å². The first-order valence-corrected chi connectivity index (χ1v) is 8.05. The van der Waals surface area contributed by atoms with Crippen LogP contribution in [0, 0.1) is 5.92 Å². The standard InChI is InChI=1S/C16H30N2O3/c1-6-13(7-2)17-14(19)12-8-10-18(11-9-12)15(20)21-16(3,4)5/h12-13H,6-11H2,1-5H3,(H,17,19). The zero-order valence-corrected chi connectivity index (χ0v) is 14.1. The Hall–Kier alpha value is -1.26. The zero-order chi connectivity index (χ0) is 16.0. The predicted octanol–water partition coefficient (Wildman–Crippen LogP) is 2.94. The molecule has 21 heavy (non-hydrogen) atoms. The number of ether oxygens (including phenoxy) is 1. The third-order valence-electron chi connectivity index (χ3n) is 3.85. The van der Waals surface area contributed by atoms with Crippen LogP contribution in [0.25, 0.3) is 0 Å². The molecule has 0 bridgehead atoms. The molecule has 1 rings (SSSR count). The van der Waals surface area contributed by atoms with Crippen molar-refractivity contribution in [2.45, 2.75) is 71.9 Å². The molecule has 0 unspecified atom stereocenters. The van der Waals surface area contributed by atoms with Crippen molar-refractivity contribution < 1.29 is 14.3 Å². The van der Waals surface area contributed by atoms with Gasteiger partial charge in [-0.25, -0.2) is 4.79 Å². The topological polar surface area (TPSA) is 58.6 Å². The molecule has 1 heterocycles. The largest absolute Gasteiger partial charge is 0.444 e. The zero-order valence-electron chi connectivity index (χ0n) is 14.1. The Morgan fingerprint density at radius 2 is 1.71 bits per heavy atom. The van der Waals surface area contributed by atoms with Gasteiger partial charge in [0, 0.05) is 25.0 Å². The third kappa shape index (κ3) is 5.94. The normalized spacial score (nSPS) is 17.0. The van der Waals surface area contributed by atoms with Gasteiger partial charge < -0.3 is 15.0 Å². The van der Waals surface area contributed by atoms with Gasteiger partial charge in [0.2, 0.25) is 5.91 Å². The summed E-state index contributed by atoms with van der Waals surface area (Å²) in [6.45, 7) is 10.9. The van der Waals surface area contributed by atoms with Crippen molar-refractivity contribution in [1.29, 1.82) is 0 Å². The molecular weight excluding hydrogens is 268 g/mol. The summed E-state index contributed by atoms with van der Waals surface area (Å²) >= 11 is 0. The number of hydrogen-bond donors (Lipinski definition) is 1. The highest BCUT2D eigenvalue weighted by Crippen LogP contribution is 2.20. The Bertz CT molecular complexity index is 351. The van der Waals surface area contributed by atoms with E-state index in [1.165, 1.54) is 0 Å². The lowest BCUT2D eigenvalue weighted by atomic mass is 9.95. The molecule has 0 atom stereocenters. The maximum Gasteiger partial charge on any atom is 0.410 e. The Morgan fingerprint density at radius 1 is 1.19 bits per heavy atom. The summed E-state index contributed by atoms with van der Waals surface area (Å²) in [7, 11) is 0. The van der Waals surface area contributed by atoms with Gasteiger partial charge in [-0.2, -0.15) is 0 Å². The van der Waals surface area contributed by atoms with Gasteiger partial charge in [-0.15, -0.1) is 0 Å². The molecule has 0 aromatic rings. The van der Waals surface area contributed by atoms with Gasteiger partial charge >= 0.3 is 6.09 Å². The van der Waals surface area contributed by atoms with Crippen molar-refractivity contribution in [3.8, 4) is 0 Å². The van der Waals surface area contributed by atoms with Crippen LogP contribution in [0.15, 0.2) is 0 Å². The fraction of sp³-hybridized carbons (Fsp3) is 0.875. The van der Waals surface area contributed by atoms with Crippen LogP contribution in [0.4, 0.5) is 4.79 Å². The second kappa shape index (κ2) is 7.66. The fourth-order valence-corrected chi connectivity index (χ4v) is 2.46. The number of hydrogen-bond acceptors (Lipinski definition) is 3. The Kier molecular flexibility index (Phi) is 6.49. The van der Waals surface area contributed by atoms with Crippen molar-refractivity contribution in [2.24, 2.45) is 5.92 Å². The smallest absolute Gasteiger partial charge is 0.410 e. The number of amides is 2. The van der Waals surface area contributed by atoms with Crippen molar-refractivity contribution in [3.05, 3.63) is 0 Å². The van der Waals surface area contributed by atoms with E-state index in [9.17, 15) is 9.59 Å². The van der Waals surface area contributed by atoms with E-state index in [1.807, 2.05) is 20.8 Å². The SMILES string of the molecule is CCC(CC)NC(=O)C1CCN(C(=O)OC(C)(C)C)CC1. The molecule has 5 heteroatoms. The highest BCUT2D eigenvalue weighted by molar-refractivity contribution is 5.79. The predicted molar refractivity (Wildman–Crippen MR) is 83.0 cm³/mol. The molecule has 1 aliphatic heterocycles. The Balaban J connectivity index is 2.41. The molecule has 0 aliphatic carbocycles. The van der Waals surface area contributed by atoms with Crippen molar-refractivity contribution in [2.75, 3.05) is 13.1 Å². The van der Waals surface area contributed by atoms with Crippen LogP contribution in [0.2, 0.25) is 0 Å². The Morgan fingerprint density at radius 3 is 2.14 bits per heavy atom. The van der Waals surface area contributed by atoms with Gasteiger partial charge in [0.1, 0.15) is 5.60 Å². The monoisotopic (exact) mass is 298 g/mol. The van der Waals surface area contributed by atoms with Crippen LogP contribution in [-0.2, 0) is 9.53 Å². The summed E-state index contributed by atoms with van der Waals surface area (Å²) in [6, 6.07) is 0.265. The molecule has 0 aromatic carbocycles. The van der Waals surface area contributed by atoms with Crippen LogP contribution < -0.4 is 5.32 Å². The first-order chi connectivity index (χ1) is 9.76. The van der Waals surface area contributed by atoms with Gasteiger partial charge in [-0.3, -0.25) is 4.79 Å². The van der Waals surface area contributed by atoms with E-state index in [1.54, 1.807) is 4.90 Å². The average Bonchev–Trinajstić information content (AvgIpc) is 2.42. The molecule has 2 amide bonds. The second-order valence-corrected chi connectivity index (χ2v) is 6.76. The molecular formula is C16H30N2O3. The number of piperidine rings is 1. The summed E-state index contributed by atoms with van der Waals surface area (Å²) in [5, 5.41) is 3.09. The summed E-state index contributed by atoms with van der Waals surface area (Å²) in [5.74, 6) is 0.150. The molecule has 0 radical (unpaired) electrons. The van der Waals surface area contributed by atoms with Crippen molar-refractivity contribution >= 4 is 12.0 Å². The van der Waals surface area contributed by atoms with Gasteiger partial charge in [-0.1, -0.05) is 13.8 Å². The summed E-state index contributed by atoms with van der Waals surface area (Å²) in [5.41, 5.74) is -0.471. The van der Waals surface area contributed by atoms with Crippen LogP contribution >= 0.6 is 0 Å². The molecule has 1 fully saturated rings. The van der Waals surface area contributed by atoms with Crippen molar-refractivity contribution in [3.63, 3.8) is 0 Å². The molecule has 5 nitrogen and oxygen atoms in total. The molecule has 0 aromatic heterocycles. The van der Waals surface area contributed by atoms with E-state index < -0.39 is 5.60 Å². The molecule has 1 N–H and O–H groups in total. The number of carbonyl (C=O) groups excluding carboxylic acids is 2. The molecule has 1 saturated heterocycles. The number of carbonyl (C=O) groups is 2. The maximum atomic E-state index is 12.2. The lowest BCUT2D eigenvalue weighted by molar-refractivity contribution is -0.127. The molecule has 122 valence electrons. The van der Waals surface area contributed by atoms with Crippen molar-refractivity contribution in [1.82, 2.24) is 10.2 Å². The highest BCUT2D eigenvalue weighted by Gasteiger charge is 2.30. The summed E-state index contributed by atoms with van der Waals surface area (Å²) < 4.78 is 5.36. The molecule has 1 aliphatic rings. The molecule has 0 spiro atoms. The van der Waals surface area contributed by atoms with E-state index in [4.69, 9.17) is 4.74 Å². The van der Waals surface area contributed by atoms with Gasteiger partial charge in [0.25, 0.3) is 0 Å². The average molecular weight is 298 g/mol. The van der Waals surface area contributed by atoms with Gasteiger partial charge in [0.15, 0.2) is 0 Å². The quantitative estimate of drug-likeness (QED) is 0.868. The lowest BCUT2D eigenvalue weighted by Gasteiger charge is -2.33. The first kappa shape index (κ1) is 17.8. The number of nitrogens with zero attached hydrogens (tertiary/aromatic N) is 1. The van der Waals surface area contributed by atoms with Crippen LogP contribution in [0.3, 0.4) is 0 Å². The molecule has 0 saturated carbocycles. The van der Waals surface area contributed by atoms with E-state index in [2.05, 4.69) is 19.2 Å². The minimum Gasteiger partial charge on any atom is -0.444 e. The van der Waals surface area contributed by atoms with E-state index >= 15 is 0 Å². The van der Waals surface area contributed by atoms with E-state index in [-0.39, 0.29) is 24.0 Å². The number of nitrogens with one attached hydrogen (secondary N) is 1. The minimum atomic E-state index is -0.471. The maximum absolute atomic E-state index is 12.2. The highest BCUT2D eigenvalue weighted by atomic mass is 16.6. The summed E-state index contributed by atoms with van der Waals surface area (Å²) in [4.78, 5) is 25.9. The lowest BCUT2D eigenvalue weighted by Crippen LogP contribution is -2.46. The van der Waals surface area contributed by atoms with Gasteiger partial charge in [0.05, 0.1) is 0 Å². The minimum absolute atomic E-state index is 0.0179. The first-order valence-electron chi connectivity index (χ1n) is 8.05. The van der Waals surface area contributed by atoms with Crippen LogP contribution in [0.5, 0.6) is 0 Å².